The number of nitrogens with zero attached hydrogens (tertiary/aromatic N) is 2. The average Bonchev–Trinajstić information content (AvgIpc) is 2.76. The molecule has 1 heterocycles. The van der Waals surface area contributed by atoms with Crippen LogP contribution in [0.1, 0.15) is 6.42 Å². The number of benzene rings is 1. The van der Waals surface area contributed by atoms with Crippen molar-refractivity contribution in [1.29, 1.82) is 0 Å². The first-order valence-corrected chi connectivity index (χ1v) is 6.96. The molecule has 1 fully saturated rings. The maximum absolute atomic E-state index is 13.7. The van der Waals surface area contributed by atoms with E-state index in [9.17, 15) is 22.9 Å². The van der Waals surface area contributed by atoms with Gasteiger partial charge in [-0.05, 0) is 12.5 Å². The normalized spacial score (nSPS) is 20.6. The predicted molar refractivity (Wildman–Crippen MR) is 64.4 cm³/mol. The van der Waals surface area contributed by atoms with E-state index in [-0.39, 0.29) is 19.1 Å². The maximum atomic E-state index is 13.7. The second-order valence-electron chi connectivity index (χ2n) is 4.28. The fourth-order valence-corrected chi connectivity index (χ4v) is 3.48. The fourth-order valence-electron chi connectivity index (χ4n) is 1.92. The van der Waals surface area contributed by atoms with E-state index in [2.05, 4.69) is 0 Å². The molecule has 1 aliphatic heterocycles. The van der Waals surface area contributed by atoms with Crippen LogP contribution < -0.4 is 5.73 Å². The lowest BCUT2D eigenvalue weighted by Gasteiger charge is -2.16. The molecule has 0 unspecified atom stereocenters. The van der Waals surface area contributed by atoms with Crippen LogP contribution in [-0.4, -0.2) is 36.8 Å². The summed E-state index contributed by atoms with van der Waals surface area (Å²) in [6.45, 7) is 0.346. The summed E-state index contributed by atoms with van der Waals surface area (Å²) in [6, 6.07) is 2.21. The van der Waals surface area contributed by atoms with Crippen molar-refractivity contribution >= 4 is 15.7 Å². The Bertz CT molecular complexity index is 619. The van der Waals surface area contributed by atoms with Gasteiger partial charge in [0.05, 0.1) is 11.0 Å². The first-order chi connectivity index (χ1) is 8.82. The zero-order valence-electron chi connectivity index (χ0n) is 9.82. The number of hydrogen-bond donors (Lipinski definition) is 1. The van der Waals surface area contributed by atoms with E-state index in [0.29, 0.717) is 12.5 Å². The number of rotatable bonds is 3. The topological polar surface area (TPSA) is 107 Å². The largest absolute Gasteiger partial charge is 0.326 e. The molecule has 0 radical (unpaired) electrons. The maximum Gasteiger partial charge on any atom is 0.272 e. The van der Waals surface area contributed by atoms with Crippen molar-refractivity contribution < 1.29 is 17.7 Å². The summed E-state index contributed by atoms with van der Waals surface area (Å²) in [5, 5.41) is 10.5. The Hall–Kier alpha value is -1.58. The molecule has 0 bridgehead atoms. The van der Waals surface area contributed by atoms with Crippen LogP contribution in [0, 0.1) is 15.9 Å². The zero-order valence-corrected chi connectivity index (χ0v) is 10.6. The number of halogens is 1. The van der Waals surface area contributed by atoms with E-state index in [1.165, 1.54) is 0 Å². The van der Waals surface area contributed by atoms with Crippen molar-refractivity contribution in [1.82, 2.24) is 4.31 Å². The third kappa shape index (κ3) is 2.57. The highest BCUT2D eigenvalue weighted by Gasteiger charge is 2.33. The predicted octanol–water partition coefficient (Wildman–Crippen LogP) is 0.456. The summed E-state index contributed by atoms with van der Waals surface area (Å²) < 4.78 is 39.1. The van der Waals surface area contributed by atoms with E-state index >= 15 is 0 Å². The molecule has 0 aromatic heterocycles. The van der Waals surface area contributed by atoms with Gasteiger partial charge in [0.25, 0.3) is 5.69 Å². The van der Waals surface area contributed by atoms with Crippen LogP contribution in [-0.2, 0) is 10.0 Å². The summed E-state index contributed by atoms with van der Waals surface area (Å²) in [7, 11) is -3.99. The highest BCUT2D eigenvalue weighted by molar-refractivity contribution is 7.89. The van der Waals surface area contributed by atoms with Crippen LogP contribution >= 0.6 is 0 Å². The van der Waals surface area contributed by atoms with Crippen LogP contribution in [0.15, 0.2) is 23.1 Å². The van der Waals surface area contributed by atoms with Gasteiger partial charge in [-0.2, -0.15) is 4.31 Å². The lowest BCUT2D eigenvalue weighted by Crippen LogP contribution is -2.32. The molecule has 7 nitrogen and oxygen atoms in total. The molecule has 2 rings (SSSR count). The van der Waals surface area contributed by atoms with Gasteiger partial charge in [0.15, 0.2) is 0 Å². The second-order valence-corrected chi connectivity index (χ2v) is 6.19. The van der Waals surface area contributed by atoms with Gasteiger partial charge < -0.3 is 5.73 Å². The molecule has 1 aliphatic rings. The molecule has 0 saturated carbocycles. The van der Waals surface area contributed by atoms with Gasteiger partial charge in [-0.25, -0.2) is 12.8 Å². The van der Waals surface area contributed by atoms with Crippen molar-refractivity contribution in [2.75, 3.05) is 13.1 Å². The number of nitro benzene ring substituents is 1. The molecule has 9 heteroatoms. The molecule has 1 aromatic carbocycles. The average molecular weight is 289 g/mol. The number of nitrogens with two attached hydrogens (primary N) is 1. The van der Waals surface area contributed by atoms with Gasteiger partial charge >= 0.3 is 0 Å². The molecule has 19 heavy (non-hydrogen) atoms. The van der Waals surface area contributed by atoms with Crippen molar-refractivity contribution in [3.8, 4) is 0 Å². The quantitative estimate of drug-likeness (QED) is 0.642. The lowest BCUT2D eigenvalue weighted by molar-refractivity contribution is -0.385. The van der Waals surface area contributed by atoms with Crippen LogP contribution in [0.5, 0.6) is 0 Å². The molecule has 0 aliphatic carbocycles. The van der Waals surface area contributed by atoms with Crippen molar-refractivity contribution in [3.05, 3.63) is 34.1 Å². The van der Waals surface area contributed by atoms with E-state index in [1.54, 1.807) is 0 Å². The van der Waals surface area contributed by atoms with Crippen LogP contribution in [0.4, 0.5) is 10.1 Å². The van der Waals surface area contributed by atoms with Crippen LogP contribution in [0.3, 0.4) is 0 Å². The summed E-state index contributed by atoms with van der Waals surface area (Å²) >= 11 is 0. The van der Waals surface area contributed by atoms with Crippen molar-refractivity contribution in [2.45, 2.75) is 17.4 Å². The first kappa shape index (κ1) is 13.8. The first-order valence-electron chi connectivity index (χ1n) is 5.52. The highest BCUT2D eigenvalue weighted by atomic mass is 32.2. The zero-order chi connectivity index (χ0) is 14.2. The molecule has 1 atom stereocenters. The molecule has 0 spiro atoms. The summed E-state index contributed by atoms with van der Waals surface area (Å²) in [5.41, 5.74) is 5.12. The Labute approximate surface area is 109 Å². The third-order valence-corrected chi connectivity index (χ3v) is 4.83. The standard InChI is InChI=1S/C10H12FN3O4S/c11-9-5-8(14(15)16)1-2-10(9)19(17,18)13-4-3-7(12)6-13/h1-2,5,7H,3-4,6,12H2/t7-/m1/s1. The number of nitro groups is 1. The SMILES string of the molecule is N[C@@H]1CCN(S(=O)(=O)c2ccc([N+](=O)[O-])cc2F)C1. The van der Waals surface area contributed by atoms with E-state index < -0.39 is 31.3 Å². The minimum atomic E-state index is -3.99. The molecule has 2 N–H and O–H groups in total. The lowest BCUT2D eigenvalue weighted by atomic mass is 10.3. The number of sulfonamides is 1. The second kappa shape index (κ2) is 4.83. The Morgan fingerprint density at radius 3 is 2.63 bits per heavy atom. The van der Waals surface area contributed by atoms with Gasteiger partial charge in [0.1, 0.15) is 10.7 Å². The Morgan fingerprint density at radius 1 is 1.47 bits per heavy atom. The molecular formula is C10H12FN3O4S. The summed E-state index contributed by atoms with van der Waals surface area (Å²) in [6.07, 6.45) is 0.508. The number of non-ortho nitro benzene ring substituents is 1. The summed E-state index contributed by atoms with van der Waals surface area (Å²) in [4.78, 5) is 9.13. The fraction of sp³-hybridized carbons (Fsp3) is 0.400. The van der Waals surface area contributed by atoms with Crippen LogP contribution in [0.2, 0.25) is 0 Å². The highest BCUT2D eigenvalue weighted by Crippen LogP contribution is 2.25. The third-order valence-electron chi connectivity index (χ3n) is 2.93. The minimum Gasteiger partial charge on any atom is -0.326 e. The molecule has 1 saturated heterocycles. The van der Waals surface area contributed by atoms with E-state index in [1.807, 2.05) is 0 Å². The van der Waals surface area contributed by atoms with Crippen molar-refractivity contribution in [3.63, 3.8) is 0 Å². The van der Waals surface area contributed by atoms with E-state index in [0.717, 1.165) is 16.4 Å². The molecule has 0 amide bonds. The van der Waals surface area contributed by atoms with E-state index in [4.69, 9.17) is 5.73 Å². The molecule has 104 valence electrons. The van der Waals surface area contributed by atoms with Crippen LogP contribution in [0.25, 0.3) is 0 Å². The van der Waals surface area contributed by atoms with Gasteiger partial charge in [-0.15, -0.1) is 0 Å². The van der Waals surface area contributed by atoms with Crippen molar-refractivity contribution in [2.24, 2.45) is 5.73 Å². The van der Waals surface area contributed by atoms with Gasteiger partial charge in [0, 0.05) is 25.2 Å². The minimum absolute atomic E-state index is 0.124. The van der Waals surface area contributed by atoms with Gasteiger partial charge in [-0.3, -0.25) is 10.1 Å². The van der Waals surface area contributed by atoms with Gasteiger partial charge in [0.2, 0.25) is 10.0 Å². The Kier molecular flexibility index (Phi) is 3.52. The smallest absolute Gasteiger partial charge is 0.272 e. The summed E-state index contributed by atoms with van der Waals surface area (Å²) in [5.74, 6) is -1.13. The molecule has 1 aromatic rings. The molecular weight excluding hydrogens is 277 g/mol. The monoisotopic (exact) mass is 289 g/mol. The number of hydrogen-bond acceptors (Lipinski definition) is 5. The van der Waals surface area contributed by atoms with Gasteiger partial charge in [-0.1, -0.05) is 0 Å². The Balaban J connectivity index is 2.38. The Morgan fingerprint density at radius 2 is 2.16 bits per heavy atom.